The predicted octanol–water partition coefficient (Wildman–Crippen LogP) is 2.05. The Kier molecular flexibility index (Phi) is 4.54. The van der Waals surface area contributed by atoms with Crippen molar-refractivity contribution >= 4 is 22.9 Å². The number of ether oxygens (including phenoxy) is 1. The minimum Gasteiger partial charge on any atom is -0.350 e. The highest BCUT2D eigenvalue weighted by molar-refractivity contribution is 6.06. The number of alkyl halides is 1. The van der Waals surface area contributed by atoms with E-state index in [-0.39, 0.29) is 17.8 Å². The molecule has 1 fully saturated rings. The van der Waals surface area contributed by atoms with Crippen molar-refractivity contribution in [1.82, 2.24) is 19.5 Å². The summed E-state index contributed by atoms with van der Waals surface area (Å²) in [6.45, 7) is 1.89. The van der Waals surface area contributed by atoms with Crippen LogP contribution in [0.15, 0.2) is 43.0 Å². The number of hydrogen-bond acceptors (Lipinski definition) is 6. The van der Waals surface area contributed by atoms with Gasteiger partial charge in [-0.2, -0.15) is 0 Å². The lowest BCUT2D eigenvalue weighted by atomic mass is 10.1. The molecule has 2 aromatic heterocycles. The molecule has 0 aliphatic carbocycles. The van der Waals surface area contributed by atoms with Gasteiger partial charge in [0, 0.05) is 5.56 Å². The molecule has 1 saturated heterocycles. The molecule has 4 rings (SSSR count). The Bertz CT molecular complexity index is 963. The number of nitrogens with two attached hydrogens (primary N) is 1. The zero-order valence-electron chi connectivity index (χ0n) is 14.6. The van der Waals surface area contributed by atoms with Crippen LogP contribution in [0.4, 0.5) is 10.2 Å². The van der Waals surface area contributed by atoms with E-state index in [1.165, 1.54) is 17.2 Å². The van der Waals surface area contributed by atoms with Crippen molar-refractivity contribution in [1.29, 1.82) is 0 Å². The quantitative estimate of drug-likeness (QED) is 0.728. The molecule has 1 amide bonds. The van der Waals surface area contributed by atoms with Crippen LogP contribution >= 0.6 is 0 Å². The van der Waals surface area contributed by atoms with Crippen molar-refractivity contribution in [2.75, 3.05) is 5.32 Å². The number of fused-ring (bicyclic) bond motifs is 1. The molecule has 4 atom stereocenters. The van der Waals surface area contributed by atoms with Gasteiger partial charge in [0.1, 0.15) is 6.33 Å². The molecule has 9 heteroatoms. The van der Waals surface area contributed by atoms with E-state index in [1.54, 1.807) is 24.3 Å². The van der Waals surface area contributed by atoms with Crippen LogP contribution in [-0.4, -0.2) is 43.7 Å². The summed E-state index contributed by atoms with van der Waals surface area (Å²) in [5, 5.41) is 2.72. The normalized spacial score (nSPS) is 25.0. The minimum absolute atomic E-state index is 0.248. The van der Waals surface area contributed by atoms with E-state index >= 15 is 0 Å². The molecular weight excluding hydrogens is 351 g/mol. The third-order valence-electron chi connectivity index (χ3n) is 4.69. The molecule has 1 aromatic carbocycles. The van der Waals surface area contributed by atoms with Gasteiger partial charge in [0.2, 0.25) is 0 Å². The minimum atomic E-state index is -1.38. The van der Waals surface area contributed by atoms with E-state index in [0.717, 1.165) is 0 Å². The summed E-state index contributed by atoms with van der Waals surface area (Å²) in [5.74, 6) is -0.0731. The molecule has 4 unspecified atom stereocenters. The number of anilines is 1. The van der Waals surface area contributed by atoms with E-state index in [9.17, 15) is 9.18 Å². The Morgan fingerprint density at radius 1 is 1.30 bits per heavy atom. The Hall–Kier alpha value is -2.91. The van der Waals surface area contributed by atoms with Crippen LogP contribution in [-0.2, 0) is 4.74 Å². The Morgan fingerprint density at radius 2 is 2.07 bits per heavy atom. The third-order valence-corrected chi connectivity index (χ3v) is 4.69. The SMILES string of the molecule is CCC1OC(n2cnc3c(NC(=O)c4ccccc4)ncnc32)C(F)C1N. The van der Waals surface area contributed by atoms with E-state index in [1.807, 2.05) is 13.0 Å². The topological polar surface area (TPSA) is 108 Å². The molecule has 3 aromatic rings. The van der Waals surface area contributed by atoms with E-state index in [4.69, 9.17) is 10.5 Å². The second-order valence-corrected chi connectivity index (χ2v) is 6.36. The van der Waals surface area contributed by atoms with Gasteiger partial charge in [0.15, 0.2) is 29.4 Å². The molecule has 1 aliphatic rings. The van der Waals surface area contributed by atoms with Crippen LogP contribution < -0.4 is 11.1 Å². The largest absolute Gasteiger partial charge is 0.350 e. The van der Waals surface area contributed by atoms with Gasteiger partial charge in [-0.25, -0.2) is 19.3 Å². The number of carbonyl (C=O) groups excluding carboxylic acids is 1. The van der Waals surface area contributed by atoms with Crippen molar-refractivity contribution < 1.29 is 13.9 Å². The fraction of sp³-hybridized carbons (Fsp3) is 0.333. The van der Waals surface area contributed by atoms with Gasteiger partial charge in [-0.3, -0.25) is 9.36 Å². The van der Waals surface area contributed by atoms with Crippen LogP contribution in [0.25, 0.3) is 11.2 Å². The zero-order valence-corrected chi connectivity index (χ0v) is 14.6. The number of nitrogens with one attached hydrogen (secondary N) is 1. The summed E-state index contributed by atoms with van der Waals surface area (Å²) in [4.78, 5) is 24.9. The van der Waals surface area contributed by atoms with Crippen LogP contribution in [0, 0.1) is 0 Å². The van der Waals surface area contributed by atoms with Gasteiger partial charge < -0.3 is 15.8 Å². The number of carbonyl (C=O) groups is 1. The number of benzene rings is 1. The average molecular weight is 370 g/mol. The van der Waals surface area contributed by atoms with Gasteiger partial charge >= 0.3 is 0 Å². The molecule has 0 bridgehead atoms. The molecule has 27 heavy (non-hydrogen) atoms. The molecule has 1 aliphatic heterocycles. The lowest BCUT2D eigenvalue weighted by molar-refractivity contribution is -0.0177. The highest BCUT2D eigenvalue weighted by atomic mass is 19.1. The van der Waals surface area contributed by atoms with Gasteiger partial charge in [0.25, 0.3) is 5.91 Å². The number of rotatable bonds is 4. The lowest BCUT2D eigenvalue weighted by Gasteiger charge is -2.15. The highest BCUT2D eigenvalue weighted by Gasteiger charge is 2.43. The third kappa shape index (κ3) is 3.04. The molecule has 0 radical (unpaired) electrons. The second kappa shape index (κ2) is 7.01. The summed E-state index contributed by atoms with van der Waals surface area (Å²) in [6.07, 6.45) is 0.659. The van der Waals surface area contributed by atoms with E-state index < -0.39 is 18.4 Å². The van der Waals surface area contributed by atoms with Gasteiger partial charge in [0.05, 0.1) is 18.5 Å². The lowest BCUT2D eigenvalue weighted by Crippen LogP contribution is -2.37. The van der Waals surface area contributed by atoms with Crippen LogP contribution in [0.3, 0.4) is 0 Å². The maximum Gasteiger partial charge on any atom is 0.256 e. The summed E-state index contributed by atoms with van der Waals surface area (Å²) in [6, 6.07) is 8.04. The van der Waals surface area contributed by atoms with Gasteiger partial charge in [-0.15, -0.1) is 0 Å². The second-order valence-electron chi connectivity index (χ2n) is 6.36. The van der Waals surface area contributed by atoms with Gasteiger partial charge in [-0.1, -0.05) is 25.1 Å². The molecular formula is C18H19FN6O2. The Balaban J connectivity index is 1.65. The summed E-state index contributed by atoms with van der Waals surface area (Å²) >= 11 is 0. The van der Waals surface area contributed by atoms with Crippen LogP contribution in [0.5, 0.6) is 0 Å². The molecule has 0 spiro atoms. The van der Waals surface area contributed by atoms with Crippen molar-refractivity contribution in [2.24, 2.45) is 5.73 Å². The number of hydrogen-bond donors (Lipinski definition) is 2. The first-order valence-electron chi connectivity index (χ1n) is 8.69. The summed E-state index contributed by atoms with van der Waals surface area (Å²) < 4.78 is 21.9. The molecule has 140 valence electrons. The highest BCUT2D eigenvalue weighted by Crippen LogP contribution is 2.34. The molecule has 3 heterocycles. The Labute approximate surface area is 154 Å². The number of halogens is 1. The molecule has 0 saturated carbocycles. The number of imidazole rings is 1. The monoisotopic (exact) mass is 370 g/mol. The Morgan fingerprint density at radius 3 is 2.78 bits per heavy atom. The van der Waals surface area contributed by atoms with Crippen molar-refractivity contribution in [2.45, 2.75) is 37.9 Å². The van der Waals surface area contributed by atoms with Crippen molar-refractivity contribution in [3.8, 4) is 0 Å². The standard InChI is InChI=1S/C18H19FN6O2/c1-2-11-13(20)12(19)18(27-11)25-9-23-14-15(21-8-22-16(14)25)24-17(26)10-6-4-3-5-7-10/h3-9,11-13,18H,2,20H2,1H3,(H,21,22,24,26). The molecule has 8 nitrogen and oxygen atoms in total. The average Bonchev–Trinajstić information content (AvgIpc) is 3.25. The number of amides is 1. The summed E-state index contributed by atoms with van der Waals surface area (Å²) in [7, 11) is 0. The van der Waals surface area contributed by atoms with Crippen LogP contribution in [0.1, 0.15) is 29.9 Å². The van der Waals surface area contributed by atoms with Gasteiger partial charge in [-0.05, 0) is 18.6 Å². The van der Waals surface area contributed by atoms with E-state index in [0.29, 0.717) is 23.1 Å². The zero-order chi connectivity index (χ0) is 19.0. The van der Waals surface area contributed by atoms with Crippen molar-refractivity contribution in [3.05, 3.63) is 48.5 Å². The van der Waals surface area contributed by atoms with Crippen molar-refractivity contribution in [3.63, 3.8) is 0 Å². The van der Waals surface area contributed by atoms with Crippen LogP contribution in [0.2, 0.25) is 0 Å². The summed E-state index contributed by atoms with van der Waals surface area (Å²) in [5.41, 5.74) is 7.12. The van der Waals surface area contributed by atoms with E-state index in [2.05, 4.69) is 20.3 Å². The maximum absolute atomic E-state index is 14.6. The number of nitrogens with zero attached hydrogens (tertiary/aromatic N) is 4. The number of aromatic nitrogens is 4. The molecule has 3 N–H and O–H groups in total. The fourth-order valence-electron chi connectivity index (χ4n) is 3.23. The smallest absolute Gasteiger partial charge is 0.256 e. The first-order valence-corrected chi connectivity index (χ1v) is 8.69. The predicted molar refractivity (Wildman–Crippen MR) is 96.8 cm³/mol. The first kappa shape index (κ1) is 17.5. The first-order chi connectivity index (χ1) is 13.1. The maximum atomic E-state index is 14.6. The fourth-order valence-corrected chi connectivity index (χ4v) is 3.23.